The van der Waals surface area contributed by atoms with Gasteiger partial charge in [0.2, 0.25) is 5.16 Å². The zero-order valence-electron chi connectivity index (χ0n) is 9.18. The van der Waals surface area contributed by atoms with Crippen molar-refractivity contribution in [2.45, 2.75) is 18.5 Å². The van der Waals surface area contributed by atoms with Crippen LogP contribution in [0.15, 0.2) is 12.7 Å². The van der Waals surface area contributed by atoms with Gasteiger partial charge in [-0.2, -0.15) is 0 Å². The molecule has 1 aliphatic heterocycles. The first kappa shape index (κ1) is 12.0. The predicted octanol–water partition coefficient (Wildman–Crippen LogP) is 0.664. The average Bonchev–Trinajstić information content (AvgIpc) is 2.94. The van der Waals surface area contributed by atoms with Crippen LogP contribution in [0.3, 0.4) is 0 Å². The highest BCUT2D eigenvalue weighted by Crippen LogP contribution is 2.81. The number of carbonyl (C=O) groups is 1. The highest BCUT2D eigenvalue weighted by Gasteiger charge is 2.82. The molecule has 90 valence electrons. The molecule has 0 amide bonds. The Morgan fingerprint density at radius 1 is 1.81 bits per heavy atom. The monoisotopic (exact) mass is 246 g/mol. The molecule has 0 radical (unpaired) electrons. The zero-order valence-corrected chi connectivity index (χ0v) is 10.1. The van der Waals surface area contributed by atoms with E-state index in [0.29, 0.717) is 13.0 Å². The summed E-state index contributed by atoms with van der Waals surface area (Å²) < 4.78 is 15.3. The molecule has 1 saturated carbocycles. The van der Waals surface area contributed by atoms with Gasteiger partial charge in [0.25, 0.3) is 7.94 Å². The average molecular weight is 246 g/mol. The number of hydrogen-bond acceptors (Lipinski definition) is 5. The Kier molecular flexibility index (Phi) is 3.05. The van der Waals surface area contributed by atoms with Gasteiger partial charge in [-0.15, -0.1) is 6.58 Å². The second kappa shape index (κ2) is 4.08. The molecule has 1 aliphatic carbocycles. The van der Waals surface area contributed by atoms with Gasteiger partial charge in [-0.05, 0) is 6.92 Å². The molecule has 0 N–H and O–H groups in total. The molecule has 6 heteroatoms. The van der Waals surface area contributed by atoms with E-state index in [4.69, 9.17) is 13.8 Å². The van der Waals surface area contributed by atoms with E-state index < -0.39 is 19.1 Å². The van der Waals surface area contributed by atoms with Crippen molar-refractivity contribution in [1.29, 1.82) is 0 Å². The van der Waals surface area contributed by atoms with Crippen molar-refractivity contribution in [3.05, 3.63) is 12.7 Å². The first-order valence-electron chi connectivity index (χ1n) is 5.28. The summed E-state index contributed by atoms with van der Waals surface area (Å²) >= 11 is 0. The van der Waals surface area contributed by atoms with Crippen LogP contribution < -0.4 is 4.89 Å². The Hall–Kier alpha value is -0.480. The number of carbonyl (C=O) groups excluding carboxylic acids is 1. The van der Waals surface area contributed by atoms with Crippen LogP contribution in [0, 0.1) is 5.92 Å². The lowest BCUT2D eigenvalue weighted by atomic mass is 10.3. The Morgan fingerprint density at radius 3 is 3.12 bits per heavy atom. The molecule has 0 spiro atoms. The van der Waals surface area contributed by atoms with Crippen molar-refractivity contribution in [3.8, 4) is 0 Å². The molecule has 1 saturated heterocycles. The van der Waals surface area contributed by atoms with E-state index in [-0.39, 0.29) is 19.1 Å². The van der Waals surface area contributed by atoms with Crippen molar-refractivity contribution in [3.63, 3.8) is 0 Å². The van der Waals surface area contributed by atoms with E-state index in [1.165, 1.54) is 6.08 Å². The Labute approximate surface area is 95.0 Å². The normalized spacial score (nSPS) is 40.2. The smallest absolute Gasteiger partial charge is 0.355 e. The van der Waals surface area contributed by atoms with Crippen molar-refractivity contribution in [2.75, 3.05) is 19.8 Å². The zero-order chi connectivity index (χ0) is 11.8. The summed E-state index contributed by atoms with van der Waals surface area (Å²) in [5.41, 5.74) is 0. The standard InChI is InChI=1S/C10H15O5P/c1-3-5-14-16(12)10(9(11)13-4-2)6-8(10)7-15-16/h3,8H,1,4-7H2,2H3/t8-,10-,16?/m0/s1. The van der Waals surface area contributed by atoms with Gasteiger partial charge >= 0.3 is 5.97 Å². The van der Waals surface area contributed by atoms with E-state index in [0.717, 1.165) is 0 Å². The van der Waals surface area contributed by atoms with Crippen LogP contribution >= 0.6 is 7.94 Å². The molecule has 3 atom stereocenters. The Bertz CT molecular complexity index is 320. The van der Waals surface area contributed by atoms with Crippen LogP contribution in [-0.4, -0.2) is 30.9 Å². The van der Waals surface area contributed by atoms with Gasteiger partial charge < -0.3 is 9.63 Å². The largest absolute Gasteiger partial charge is 0.630 e. The van der Waals surface area contributed by atoms with Gasteiger partial charge in [0.15, 0.2) is 0 Å². The quantitative estimate of drug-likeness (QED) is 0.405. The van der Waals surface area contributed by atoms with Crippen LogP contribution in [0.2, 0.25) is 0 Å². The molecule has 16 heavy (non-hydrogen) atoms. The number of fused-ring (bicyclic) bond motifs is 1. The van der Waals surface area contributed by atoms with Gasteiger partial charge in [-0.1, -0.05) is 6.08 Å². The van der Waals surface area contributed by atoms with Crippen molar-refractivity contribution in [2.24, 2.45) is 5.92 Å². The lowest BCUT2D eigenvalue weighted by Gasteiger charge is -2.29. The van der Waals surface area contributed by atoms with Gasteiger partial charge in [0.05, 0.1) is 6.61 Å². The number of esters is 1. The van der Waals surface area contributed by atoms with Crippen LogP contribution in [0.25, 0.3) is 0 Å². The third-order valence-corrected chi connectivity index (χ3v) is 5.68. The van der Waals surface area contributed by atoms with Crippen molar-refractivity contribution < 1.29 is 23.5 Å². The fourth-order valence-electron chi connectivity index (χ4n) is 2.07. The van der Waals surface area contributed by atoms with Gasteiger partial charge in [0.1, 0.15) is 13.2 Å². The SMILES string of the molecule is C=CCO[P+]1([O-])OC[C@@H]2C[C@@]21C(=O)OCC. The summed E-state index contributed by atoms with van der Waals surface area (Å²) in [7, 11) is -3.37. The summed E-state index contributed by atoms with van der Waals surface area (Å²) in [6.07, 6.45) is 2.03. The van der Waals surface area contributed by atoms with Crippen molar-refractivity contribution in [1.82, 2.24) is 0 Å². The lowest BCUT2D eigenvalue weighted by Crippen LogP contribution is -2.35. The van der Waals surface area contributed by atoms with Crippen LogP contribution in [0.1, 0.15) is 13.3 Å². The van der Waals surface area contributed by atoms with E-state index in [2.05, 4.69) is 6.58 Å². The fraction of sp³-hybridized carbons (Fsp3) is 0.700. The number of hydrogen-bond donors (Lipinski definition) is 0. The molecule has 1 heterocycles. The second-order valence-electron chi connectivity index (χ2n) is 3.92. The maximum absolute atomic E-state index is 12.4. The molecule has 2 aliphatic rings. The second-order valence-corrected chi connectivity index (χ2v) is 6.23. The topological polar surface area (TPSA) is 67.8 Å². The molecule has 1 unspecified atom stereocenters. The van der Waals surface area contributed by atoms with E-state index in [9.17, 15) is 9.69 Å². The molecule has 0 bridgehead atoms. The maximum atomic E-state index is 12.4. The summed E-state index contributed by atoms with van der Waals surface area (Å²) in [5.74, 6) is -0.466. The highest BCUT2D eigenvalue weighted by atomic mass is 31.2. The minimum atomic E-state index is -3.37. The minimum Gasteiger partial charge on any atom is -0.630 e. The third kappa shape index (κ3) is 1.51. The number of ether oxygens (including phenoxy) is 1. The predicted molar refractivity (Wildman–Crippen MR) is 56.5 cm³/mol. The molecule has 0 aromatic carbocycles. The van der Waals surface area contributed by atoms with E-state index in [1.54, 1.807) is 6.92 Å². The molecule has 2 fully saturated rings. The molecule has 5 nitrogen and oxygen atoms in total. The highest BCUT2D eigenvalue weighted by molar-refractivity contribution is 7.62. The molecular formula is C10H15O5P. The first-order valence-corrected chi connectivity index (χ1v) is 6.82. The molecule has 0 aromatic heterocycles. The summed E-state index contributed by atoms with van der Waals surface area (Å²) in [4.78, 5) is 24.2. The lowest BCUT2D eigenvalue weighted by molar-refractivity contribution is -0.219. The molecule has 2 rings (SSSR count). The summed E-state index contributed by atoms with van der Waals surface area (Å²) in [5, 5.41) is -1.02. The Balaban J connectivity index is 2.14. The molecular weight excluding hydrogens is 231 g/mol. The van der Waals surface area contributed by atoms with Crippen LogP contribution in [0.4, 0.5) is 0 Å². The Morgan fingerprint density at radius 2 is 2.56 bits per heavy atom. The summed E-state index contributed by atoms with van der Waals surface area (Å²) in [6.45, 7) is 5.90. The van der Waals surface area contributed by atoms with Gasteiger partial charge in [-0.25, -0.2) is 13.8 Å². The number of rotatable bonds is 5. The third-order valence-electron chi connectivity index (χ3n) is 3.00. The van der Waals surface area contributed by atoms with E-state index in [1.807, 2.05) is 0 Å². The van der Waals surface area contributed by atoms with Crippen LogP contribution in [-0.2, 0) is 18.6 Å². The first-order chi connectivity index (χ1) is 7.60. The fourth-order valence-corrected chi connectivity index (χ4v) is 4.54. The maximum Gasteiger partial charge on any atom is 0.355 e. The van der Waals surface area contributed by atoms with Gasteiger partial charge in [-0.3, -0.25) is 0 Å². The minimum absolute atomic E-state index is 0.0119. The van der Waals surface area contributed by atoms with Crippen molar-refractivity contribution >= 4 is 13.9 Å². The molecule has 0 aromatic rings. The summed E-state index contributed by atoms with van der Waals surface area (Å²) in [6, 6.07) is 0. The van der Waals surface area contributed by atoms with Crippen LogP contribution in [0.5, 0.6) is 0 Å². The van der Waals surface area contributed by atoms with E-state index >= 15 is 0 Å². The van der Waals surface area contributed by atoms with Gasteiger partial charge in [0, 0.05) is 12.3 Å².